The highest BCUT2D eigenvalue weighted by atomic mass is 32.2. The lowest BCUT2D eigenvalue weighted by atomic mass is 9.95. The van der Waals surface area contributed by atoms with Gasteiger partial charge in [0.2, 0.25) is 17.7 Å². The van der Waals surface area contributed by atoms with Crippen molar-refractivity contribution >= 4 is 47.0 Å². The number of carboxylic acids is 1. The molecule has 4 amide bonds. The number of aliphatic carboxylic acids is 1. The molecular formula is C25H26N4O6S. The van der Waals surface area contributed by atoms with Crippen LogP contribution < -0.4 is 16.0 Å². The molecule has 1 unspecified atom stereocenters. The van der Waals surface area contributed by atoms with Crippen LogP contribution in [0.4, 0.5) is 5.69 Å². The smallest absolute Gasteiger partial charge is 0.327 e. The van der Waals surface area contributed by atoms with E-state index < -0.39 is 51.9 Å². The normalized spacial score (nSPS) is 22.6. The summed E-state index contributed by atoms with van der Waals surface area (Å²) in [7, 11) is 0. The predicted octanol–water partition coefficient (Wildman–Crippen LogP) is 1.75. The van der Waals surface area contributed by atoms with Gasteiger partial charge in [-0.3, -0.25) is 19.2 Å². The average molecular weight is 511 g/mol. The molecule has 36 heavy (non-hydrogen) atoms. The van der Waals surface area contributed by atoms with Crippen LogP contribution in [0.15, 0.2) is 54.6 Å². The van der Waals surface area contributed by atoms with Crippen molar-refractivity contribution in [2.45, 2.75) is 49.0 Å². The number of hydrogen-bond acceptors (Lipinski definition) is 6. The third-order valence-electron chi connectivity index (χ3n) is 6.11. The van der Waals surface area contributed by atoms with E-state index in [1.807, 2.05) is 0 Å². The number of carbonyl (C=O) groups is 5. The van der Waals surface area contributed by atoms with Crippen molar-refractivity contribution in [3.63, 3.8) is 0 Å². The Bertz CT molecular complexity index is 1220. The van der Waals surface area contributed by atoms with E-state index in [0.29, 0.717) is 11.3 Å². The molecule has 10 nitrogen and oxygen atoms in total. The quantitative estimate of drug-likeness (QED) is 0.415. The molecule has 2 fully saturated rings. The lowest BCUT2D eigenvalue weighted by Gasteiger charge is -2.44. The Labute approximate surface area is 211 Å². The average Bonchev–Trinajstić information content (AvgIpc) is 3.09. The van der Waals surface area contributed by atoms with Crippen LogP contribution >= 0.6 is 11.8 Å². The van der Waals surface area contributed by atoms with Crippen molar-refractivity contribution in [3.05, 3.63) is 65.7 Å². The molecule has 0 radical (unpaired) electrons. The van der Waals surface area contributed by atoms with Crippen LogP contribution in [0.5, 0.6) is 0 Å². The predicted molar refractivity (Wildman–Crippen MR) is 133 cm³/mol. The van der Waals surface area contributed by atoms with Gasteiger partial charge in [0.05, 0.1) is 0 Å². The zero-order chi connectivity index (χ0) is 26.2. The Morgan fingerprint density at radius 2 is 1.67 bits per heavy atom. The summed E-state index contributed by atoms with van der Waals surface area (Å²) in [5.74, 6) is -2.90. The Kier molecular flexibility index (Phi) is 6.77. The fraction of sp³-hybridized carbons (Fsp3) is 0.320. The maximum Gasteiger partial charge on any atom is 0.327 e. The van der Waals surface area contributed by atoms with Crippen LogP contribution in [-0.4, -0.2) is 61.8 Å². The molecule has 0 aliphatic carbocycles. The molecule has 188 valence electrons. The molecule has 0 bridgehead atoms. The molecule has 2 heterocycles. The van der Waals surface area contributed by atoms with E-state index >= 15 is 0 Å². The number of thioether (sulfide) groups is 1. The number of nitrogens with zero attached hydrogens (tertiary/aromatic N) is 1. The number of fused-ring (bicyclic) bond motifs is 1. The Morgan fingerprint density at radius 1 is 1.03 bits per heavy atom. The van der Waals surface area contributed by atoms with Crippen LogP contribution in [0, 0.1) is 0 Å². The topological polar surface area (TPSA) is 145 Å². The van der Waals surface area contributed by atoms with Gasteiger partial charge in [-0.1, -0.05) is 30.3 Å². The van der Waals surface area contributed by atoms with Gasteiger partial charge in [0.15, 0.2) is 0 Å². The summed E-state index contributed by atoms with van der Waals surface area (Å²) in [6.07, 6.45) is 0. The third kappa shape index (κ3) is 4.78. The molecule has 0 spiro atoms. The second-order valence-electron chi connectivity index (χ2n) is 9.16. The number of rotatable bonds is 7. The van der Waals surface area contributed by atoms with Crippen LogP contribution in [0.1, 0.15) is 42.7 Å². The highest BCUT2D eigenvalue weighted by molar-refractivity contribution is 8.01. The summed E-state index contributed by atoms with van der Waals surface area (Å²) >= 11 is 1.32. The lowest BCUT2D eigenvalue weighted by Crippen LogP contribution is -2.71. The lowest BCUT2D eigenvalue weighted by molar-refractivity contribution is -0.161. The summed E-state index contributed by atoms with van der Waals surface area (Å²) in [5.41, 5.74) is 1.33. The zero-order valence-electron chi connectivity index (χ0n) is 19.8. The Morgan fingerprint density at radius 3 is 2.25 bits per heavy atom. The highest BCUT2D eigenvalue weighted by Gasteiger charge is 2.64. The first-order chi connectivity index (χ1) is 17.0. The first-order valence-corrected chi connectivity index (χ1v) is 12.1. The number of hydrogen-bond donors (Lipinski definition) is 4. The van der Waals surface area contributed by atoms with Crippen LogP contribution in [0.25, 0.3) is 0 Å². The number of benzene rings is 2. The molecule has 4 rings (SSSR count). The number of carbonyl (C=O) groups excluding carboxylic acids is 4. The maximum absolute atomic E-state index is 13.3. The molecule has 4 atom stereocenters. The molecule has 2 aliphatic heterocycles. The molecule has 2 aromatic carbocycles. The fourth-order valence-corrected chi connectivity index (χ4v) is 6.08. The minimum absolute atomic E-state index is 0.240. The Hall–Kier alpha value is -3.86. The van der Waals surface area contributed by atoms with Crippen molar-refractivity contribution in [1.29, 1.82) is 0 Å². The van der Waals surface area contributed by atoms with Crippen LogP contribution in [0.3, 0.4) is 0 Å². The van der Waals surface area contributed by atoms with Crippen molar-refractivity contribution in [2.24, 2.45) is 0 Å². The van der Waals surface area contributed by atoms with Gasteiger partial charge in [-0.05, 0) is 43.7 Å². The first kappa shape index (κ1) is 25.2. The summed E-state index contributed by atoms with van der Waals surface area (Å²) in [6, 6.07) is 11.8. The fourth-order valence-electron chi connectivity index (χ4n) is 4.45. The monoisotopic (exact) mass is 510 g/mol. The second-order valence-corrected chi connectivity index (χ2v) is 10.9. The molecule has 4 N–H and O–H groups in total. The molecule has 2 aliphatic rings. The molecule has 2 saturated heterocycles. The van der Waals surface area contributed by atoms with E-state index in [9.17, 15) is 29.1 Å². The summed E-state index contributed by atoms with van der Waals surface area (Å²) in [4.78, 5) is 63.4. The van der Waals surface area contributed by atoms with E-state index in [4.69, 9.17) is 0 Å². The zero-order valence-corrected chi connectivity index (χ0v) is 20.7. The minimum Gasteiger partial charge on any atom is -0.480 e. The number of anilines is 1. The van der Waals surface area contributed by atoms with Crippen molar-refractivity contribution in [1.82, 2.24) is 15.5 Å². The summed E-state index contributed by atoms with van der Waals surface area (Å²) < 4.78 is -0.720. The van der Waals surface area contributed by atoms with E-state index in [0.717, 1.165) is 0 Å². The molecule has 0 saturated carbocycles. The van der Waals surface area contributed by atoms with Gasteiger partial charge >= 0.3 is 5.97 Å². The SMILES string of the molecule is CC(=O)Nc1ccc(C(=O)NC(C(=O)N[C@@H]2C(=O)N3[C@@H]2SC(C)(C)[C@@H]3C(=O)O)c2ccccc2)cc1. The molecule has 11 heteroatoms. The van der Waals surface area contributed by atoms with E-state index in [-0.39, 0.29) is 11.5 Å². The maximum atomic E-state index is 13.3. The van der Waals surface area contributed by atoms with Gasteiger partial charge in [-0.25, -0.2) is 4.79 Å². The molecule has 2 aromatic rings. The van der Waals surface area contributed by atoms with Crippen molar-refractivity contribution in [2.75, 3.05) is 5.32 Å². The highest BCUT2D eigenvalue weighted by Crippen LogP contribution is 2.50. The van der Waals surface area contributed by atoms with Crippen LogP contribution in [-0.2, 0) is 19.2 Å². The van der Waals surface area contributed by atoms with Gasteiger partial charge < -0.3 is 26.0 Å². The van der Waals surface area contributed by atoms with Gasteiger partial charge in [0.25, 0.3) is 5.91 Å². The van der Waals surface area contributed by atoms with Crippen LogP contribution in [0.2, 0.25) is 0 Å². The second kappa shape index (κ2) is 9.65. The standard InChI is InChI=1S/C25H26N4O6S/c1-13(30)26-16-11-9-15(10-12-16)20(31)27-17(14-7-5-4-6-8-14)21(32)28-18-22(33)29-19(24(34)35)25(2,3)36-23(18)29/h4-12,17-19,23H,1-3H3,(H,26,30)(H,27,31)(H,28,32)(H,34,35)/t17?,18-,19+,23-/m1/s1. The third-order valence-corrected chi connectivity index (χ3v) is 7.68. The largest absolute Gasteiger partial charge is 0.480 e. The van der Waals surface area contributed by atoms with E-state index in [1.165, 1.54) is 35.7 Å². The van der Waals surface area contributed by atoms with Gasteiger partial charge in [0.1, 0.15) is 23.5 Å². The summed E-state index contributed by atoms with van der Waals surface area (Å²) in [6.45, 7) is 4.89. The number of nitrogens with one attached hydrogen (secondary N) is 3. The number of carboxylic acid groups (broad SMARTS) is 1. The Balaban J connectivity index is 1.51. The van der Waals surface area contributed by atoms with E-state index in [1.54, 1.807) is 56.3 Å². The molecular weight excluding hydrogens is 484 g/mol. The summed E-state index contributed by atoms with van der Waals surface area (Å²) in [5, 5.41) is 17.1. The minimum atomic E-state index is -1.09. The van der Waals surface area contributed by atoms with Crippen molar-refractivity contribution < 1.29 is 29.1 Å². The first-order valence-electron chi connectivity index (χ1n) is 11.3. The number of amides is 4. The molecule has 0 aromatic heterocycles. The van der Waals surface area contributed by atoms with Crippen molar-refractivity contribution in [3.8, 4) is 0 Å². The number of β-lactam (4-membered cyclic amide) rings is 1. The van der Waals surface area contributed by atoms with Gasteiger partial charge in [0, 0.05) is 22.9 Å². The van der Waals surface area contributed by atoms with Gasteiger partial charge in [-0.15, -0.1) is 11.8 Å². The van der Waals surface area contributed by atoms with E-state index in [2.05, 4.69) is 16.0 Å². The van der Waals surface area contributed by atoms with Gasteiger partial charge in [-0.2, -0.15) is 0 Å².